The van der Waals surface area contributed by atoms with E-state index < -0.39 is 12.5 Å². The van der Waals surface area contributed by atoms with Crippen LogP contribution < -0.4 is 5.32 Å². The maximum atomic E-state index is 12.6. The third-order valence-corrected chi connectivity index (χ3v) is 2.64. The highest BCUT2D eigenvalue weighted by Crippen LogP contribution is 2.26. The van der Waals surface area contributed by atoms with Crippen molar-refractivity contribution in [1.82, 2.24) is 14.8 Å². The first kappa shape index (κ1) is 12.5. The topological polar surface area (TPSA) is 42.7 Å². The van der Waals surface area contributed by atoms with Crippen molar-refractivity contribution >= 4 is 5.69 Å². The fourth-order valence-electron chi connectivity index (χ4n) is 1.64. The van der Waals surface area contributed by atoms with E-state index in [4.69, 9.17) is 0 Å². The summed E-state index contributed by atoms with van der Waals surface area (Å²) >= 11 is 0. The van der Waals surface area contributed by atoms with Crippen molar-refractivity contribution in [2.24, 2.45) is 7.05 Å². The number of halogens is 2. The molecular weight excluding hydrogens is 238 g/mol. The van der Waals surface area contributed by atoms with Crippen LogP contribution in [0, 0.1) is 0 Å². The van der Waals surface area contributed by atoms with Gasteiger partial charge >= 0.3 is 0 Å². The number of nitrogens with one attached hydrogen (secondary N) is 1. The number of nitrogens with zero attached hydrogens (tertiary/aromatic N) is 3. The van der Waals surface area contributed by atoms with E-state index in [1.165, 1.54) is 6.92 Å². The quantitative estimate of drug-likeness (QED) is 0.909. The Morgan fingerprint density at radius 3 is 2.61 bits per heavy atom. The zero-order valence-electron chi connectivity index (χ0n) is 10.1. The lowest BCUT2D eigenvalue weighted by atomic mass is 10.1. The fraction of sp³-hybridized carbons (Fsp3) is 0.333. The minimum Gasteiger partial charge on any atom is -0.376 e. The molecular formula is C12H14F2N4. The van der Waals surface area contributed by atoms with Crippen LogP contribution in [0.3, 0.4) is 0 Å². The molecule has 4 nitrogen and oxygen atoms in total. The second kappa shape index (κ2) is 5.12. The predicted molar refractivity (Wildman–Crippen MR) is 65.5 cm³/mol. The van der Waals surface area contributed by atoms with Crippen molar-refractivity contribution in [2.45, 2.75) is 19.4 Å². The Labute approximate surface area is 104 Å². The number of aryl methyl sites for hydroxylation is 1. The van der Waals surface area contributed by atoms with E-state index in [1.807, 2.05) is 19.2 Å². The minimum absolute atomic E-state index is 0.626. The van der Waals surface area contributed by atoms with Gasteiger partial charge in [0.15, 0.2) is 5.82 Å². The van der Waals surface area contributed by atoms with Crippen molar-refractivity contribution in [3.63, 3.8) is 0 Å². The van der Waals surface area contributed by atoms with E-state index in [9.17, 15) is 8.78 Å². The summed E-state index contributed by atoms with van der Waals surface area (Å²) in [4.78, 5) is 0. The van der Waals surface area contributed by atoms with Crippen LogP contribution in [0.15, 0.2) is 30.6 Å². The van der Waals surface area contributed by atoms with Gasteiger partial charge in [-0.05, 0) is 19.1 Å². The van der Waals surface area contributed by atoms with Gasteiger partial charge in [-0.2, -0.15) is 0 Å². The average molecular weight is 252 g/mol. The van der Waals surface area contributed by atoms with Gasteiger partial charge < -0.3 is 9.88 Å². The number of rotatable bonds is 4. The first-order valence-corrected chi connectivity index (χ1v) is 5.57. The second-order valence-corrected chi connectivity index (χ2v) is 4.08. The van der Waals surface area contributed by atoms with Gasteiger partial charge in [-0.25, -0.2) is 8.78 Å². The third kappa shape index (κ3) is 2.47. The first-order chi connectivity index (χ1) is 8.59. The van der Waals surface area contributed by atoms with Gasteiger partial charge in [-0.1, -0.05) is 12.1 Å². The minimum atomic E-state index is -2.42. The molecule has 96 valence electrons. The van der Waals surface area contributed by atoms with Crippen LogP contribution >= 0.6 is 0 Å². The molecule has 1 aromatic carbocycles. The van der Waals surface area contributed by atoms with Crippen LogP contribution in [0.5, 0.6) is 0 Å². The Morgan fingerprint density at radius 2 is 2.00 bits per heavy atom. The second-order valence-electron chi connectivity index (χ2n) is 4.08. The molecule has 0 saturated heterocycles. The molecule has 1 N–H and O–H groups in total. The van der Waals surface area contributed by atoms with Crippen LogP contribution in [0.4, 0.5) is 14.5 Å². The highest BCUT2D eigenvalue weighted by atomic mass is 19.3. The highest BCUT2D eigenvalue weighted by Gasteiger charge is 2.17. The average Bonchev–Trinajstić information content (AvgIpc) is 2.76. The maximum absolute atomic E-state index is 12.6. The summed E-state index contributed by atoms with van der Waals surface area (Å²) in [7, 11) is 1.81. The summed E-state index contributed by atoms with van der Waals surface area (Å²) in [5.74, 6) is 0.638. The zero-order chi connectivity index (χ0) is 13.1. The summed E-state index contributed by atoms with van der Waals surface area (Å²) in [6.07, 6.45) is -0.847. The third-order valence-electron chi connectivity index (χ3n) is 2.64. The molecule has 1 unspecified atom stereocenters. The van der Waals surface area contributed by atoms with Gasteiger partial charge in [0.2, 0.25) is 0 Å². The summed E-state index contributed by atoms with van der Waals surface area (Å²) in [6.45, 7) is 1.44. The predicted octanol–water partition coefficient (Wildman–Crippen LogP) is 2.55. The van der Waals surface area contributed by atoms with E-state index in [0.717, 1.165) is 5.56 Å². The van der Waals surface area contributed by atoms with Gasteiger partial charge in [0.25, 0.3) is 6.43 Å². The molecule has 0 aliphatic heterocycles. The monoisotopic (exact) mass is 252 g/mol. The van der Waals surface area contributed by atoms with E-state index in [-0.39, 0.29) is 0 Å². The van der Waals surface area contributed by atoms with Crippen LogP contribution in [0.1, 0.15) is 6.92 Å². The Hall–Kier alpha value is -1.98. The molecule has 1 heterocycles. The zero-order valence-corrected chi connectivity index (χ0v) is 10.1. The highest BCUT2D eigenvalue weighted by molar-refractivity contribution is 5.73. The molecule has 0 bridgehead atoms. The molecule has 0 fully saturated rings. The molecule has 1 atom stereocenters. The fourth-order valence-corrected chi connectivity index (χ4v) is 1.64. The van der Waals surface area contributed by atoms with Crippen molar-refractivity contribution < 1.29 is 8.78 Å². The number of benzene rings is 1. The molecule has 0 spiro atoms. The van der Waals surface area contributed by atoms with E-state index in [1.54, 1.807) is 23.0 Å². The van der Waals surface area contributed by atoms with Crippen molar-refractivity contribution in [1.29, 1.82) is 0 Å². The van der Waals surface area contributed by atoms with Gasteiger partial charge in [-0.15, -0.1) is 10.2 Å². The lowest BCUT2D eigenvalue weighted by Gasteiger charge is -2.16. The van der Waals surface area contributed by atoms with E-state index >= 15 is 0 Å². The van der Waals surface area contributed by atoms with Gasteiger partial charge in [0, 0.05) is 18.3 Å². The van der Waals surface area contributed by atoms with Crippen LogP contribution in [-0.2, 0) is 7.05 Å². The lowest BCUT2D eigenvalue weighted by Crippen LogP contribution is -2.24. The van der Waals surface area contributed by atoms with Crippen LogP contribution in [0.25, 0.3) is 11.4 Å². The maximum Gasteiger partial charge on any atom is 0.258 e. The van der Waals surface area contributed by atoms with Crippen LogP contribution in [0.2, 0.25) is 0 Å². The normalized spacial score (nSPS) is 12.7. The molecule has 0 aliphatic carbocycles. The van der Waals surface area contributed by atoms with E-state index in [0.29, 0.717) is 11.5 Å². The van der Waals surface area contributed by atoms with E-state index in [2.05, 4.69) is 15.5 Å². The number of anilines is 1. The number of hydrogen-bond donors (Lipinski definition) is 1. The van der Waals surface area contributed by atoms with Gasteiger partial charge in [0.05, 0.1) is 6.04 Å². The van der Waals surface area contributed by atoms with Crippen molar-refractivity contribution in [3.05, 3.63) is 30.6 Å². The molecule has 6 heteroatoms. The molecule has 2 rings (SSSR count). The molecule has 1 aromatic heterocycles. The van der Waals surface area contributed by atoms with Gasteiger partial charge in [-0.3, -0.25) is 0 Å². The Kier molecular flexibility index (Phi) is 3.55. The van der Waals surface area contributed by atoms with Crippen molar-refractivity contribution in [2.75, 3.05) is 5.32 Å². The number of aromatic nitrogens is 3. The lowest BCUT2D eigenvalue weighted by molar-refractivity contribution is 0.131. The largest absolute Gasteiger partial charge is 0.376 e. The molecule has 0 aliphatic rings. The summed E-state index contributed by atoms with van der Waals surface area (Å²) in [5.41, 5.74) is 1.38. The number of hydrogen-bond acceptors (Lipinski definition) is 3. The molecule has 0 radical (unpaired) electrons. The van der Waals surface area contributed by atoms with Gasteiger partial charge in [0.1, 0.15) is 6.33 Å². The molecule has 0 amide bonds. The SMILES string of the molecule is CC(Nc1ccccc1-c1nncn1C)C(F)F. The molecule has 2 aromatic rings. The first-order valence-electron chi connectivity index (χ1n) is 5.57. The Balaban J connectivity index is 2.35. The summed E-state index contributed by atoms with van der Waals surface area (Å²) < 4.78 is 26.9. The standard InChI is InChI=1S/C12H14F2N4/c1-8(11(13)14)16-10-6-4-3-5-9(10)12-17-15-7-18(12)2/h3-8,11,16H,1-2H3. The Bertz CT molecular complexity index is 524. The summed E-state index contributed by atoms with van der Waals surface area (Å²) in [5, 5.41) is 10.6. The smallest absolute Gasteiger partial charge is 0.258 e. The number of para-hydroxylation sites is 1. The molecule has 0 saturated carbocycles. The molecule has 18 heavy (non-hydrogen) atoms. The van der Waals surface area contributed by atoms with Crippen LogP contribution in [-0.4, -0.2) is 27.2 Å². The van der Waals surface area contributed by atoms with Crippen molar-refractivity contribution in [3.8, 4) is 11.4 Å². The number of alkyl halides is 2. The Morgan fingerprint density at radius 1 is 1.28 bits per heavy atom. The summed E-state index contributed by atoms with van der Waals surface area (Å²) in [6, 6.07) is 6.29.